The van der Waals surface area contributed by atoms with Gasteiger partial charge in [-0.1, -0.05) is 6.08 Å². The van der Waals surface area contributed by atoms with Crippen molar-refractivity contribution in [1.82, 2.24) is 4.90 Å². The van der Waals surface area contributed by atoms with Crippen LogP contribution in [-0.4, -0.2) is 62.3 Å². The van der Waals surface area contributed by atoms with E-state index < -0.39 is 5.79 Å². The summed E-state index contributed by atoms with van der Waals surface area (Å²) < 4.78 is 21.5. The van der Waals surface area contributed by atoms with E-state index in [4.69, 9.17) is 18.9 Å². The Labute approximate surface area is 131 Å². The van der Waals surface area contributed by atoms with Crippen LogP contribution in [0.3, 0.4) is 0 Å². The zero-order chi connectivity index (χ0) is 16.0. The van der Waals surface area contributed by atoms with Crippen molar-refractivity contribution in [2.75, 3.05) is 39.5 Å². The van der Waals surface area contributed by atoms with Crippen molar-refractivity contribution in [2.24, 2.45) is 0 Å². The number of morpholine rings is 1. The maximum atomic E-state index is 11.9. The van der Waals surface area contributed by atoms with E-state index in [9.17, 15) is 4.79 Å². The van der Waals surface area contributed by atoms with E-state index in [1.807, 2.05) is 26.1 Å². The summed E-state index contributed by atoms with van der Waals surface area (Å²) in [6.45, 7) is 9.32. The van der Waals surface area contributed by atoms with Gasteiger partial charge in [0.15, 0.2) is 5.79 Å². The summed E-state index contributed by atoms with van der Waals surface area (Å²) in [5.74, 6) is -0.928. The van der Waals surface area contributed by atoms with Crippen LogP contribution in [0, 0.1) is 0 Å². The van der Waals surface area contributed by atoms with Gasteiger partial charge in [-0.3, -0.25) is 0 Å². The maximum Gasteiger partial charge on any atom is 0.333 e. The minimum absolute atomic E-state index is 0.198. The predicted octanol–water partition coefficient (Wildman–Crippen LogP) is 1.47. The van der Waals surface area contributed by atoms with Crippen molar-refractivity contribution in [3.63, 3.8) is 0 Å². The molecule has 0 aromatic carbocycles. The van der Waals surface area contributed by atoms with E-state index in [1.165, 1.54) is 0 Å². The molecule has 0 radical (unpaired) electrons. The Balaban J connectivity index is 1.71. The topological polar surface area (TPSA) is 57.2 Å². The molecule has 6 heteroatoms. The first kappa shape index (κ1) is 17.0. The lowest BCUT2D eigenvalue weighted by Gasteiger charge is -2.24. The second kappa shape index (κ2) is 7.76. The molecule has 2 saturated heterocycles. The Hall–Kier alpha value is -1.37. The fraction of sp³-hybridized carbons (Fsp3) is 0.688. The number of nitrogens with zero attached hydrogens (tertiary/aromatic N) is 1. The highest BCUT2D eigenvalue weighted by atomic mass is 16.7. The number of carbonyl (C=O) groups is 1. The van der Waals surface area contributed by atoms with Gasteiger partial charge >= 0.3 is 5.97 Å². The fourth-order valence-corrected chi connectivity index (χ4v) is 2.23. The molecule has 22 heavy (non-hydrogen) atoms. The molecule has 0 saturated carbocycles. The summed E-state index contributed by atoms with van der Waals surface area (Å²) in [5.41, 5.74) is 0.558. The smallest absolute Gasteiger partial charge is 0.333 e. The summed E-state index contributed by atoms with van der Waals surface area (Å²) in [4.78, 5) is 14.0. The molecule has 124 valence electrons. The van der Waals surface area contributed by atoms with Crippen molar-refractivity contribution >= 4 is 5.97 Å². The summed E-state index contributed by atoms with van der Waals surface area (Å²) in [6.07, 6.45) is 5.39. The van der Waals surface area contributed by atoms with Gasteiger partial charge in [0.1, 0.15) is 12.7 Å². The van der Waals surface area contributed by atoms with Crippen LogP contribution < -0.4 is 0 Å². The van der Waals surface area contributed by atoms with Crippen LogP contribution in [0.25, 0.3) is 0 Å². The van der Waals surface area contributed by atoms with Gasteiger partial charge in [-0.25, -0.2) is 4.79 Å². The number of hydrogen-bond donors (Lipinski definition) is 0. The van der Waals surface area contributed by atoms with Gasteiger partial charge in [-0.15, -0.1) is 0 Å². The number of ether oxygens (including phenoxy) is 4. The summed E-state index contributed by atoms with van der Waals surface area (Å²) in [7, 11) is 0. The number of carbonyl (C=O) groups excluding carboxylic acids is 1. The van der Waals surface area contributed by atoms with E-state index >= 15 is 0 Å². The zero-order valence-corrected chi connectivity index (χ0v) is 13.5. The minimum Gasteiger partial charge on any atom is -0.459 e. The molecule has 0 spiro atoms. The highest BCUT2D eigenvalue weighted by Gasteiger charge is 2.33. The van der Waals surface area contributed by atoms with Crippen molar-refractivity contribution in [3.8, 4) is 0 Å². The molecule has 2 fully saturated rings. The molecular formula is C16H25NO5. The SMILES string of the molecule is C/C(=C\C=C\N1CCOCC1)C(=O)OCC1COC(C)(C)O1. The number of allylic oxidation sites excluding steroid dienone is 2. The first-order chi connectivity index (χ1) is 10.5. The first-order valence-electron chi connectivity index (χ1n) is 7.62. The van der Waals surface area contributed by atoms with E-state index in [1.54, 1.807) is 13.0 Å². The normalized spacial score (nSPS) is 25.7. The summed E-state index contributed by atoms with van der Waals surface area (Å²) >= 11 is 0. The molecule has 2 heterocycles. The average Bonchev–Trinajstić information content (AvgIpc) is 2.85. The third-order valence-electron chi connectivity index (χ3n) is 3.48. The number of rotatable bonds is 5. The monoisotopic (exact) mass is 311 g/mol. The molecule has 0 bridgehead atoms. The lowest BCUT2D eigenvalue weighted by molar-refractivity contribution is -0.155. The Morgan fingerprint density at radius 1 is 1.36 bits per heavy atom. The lowest BCUT2D eigenvalue weighted by Crippen LogP contribution is -2.31. The standard InChI is InChI=1S/C16H25NO5/c1-13(5-4-6-17-7-9-19-10-8-17)15(18)20-11-14-12-21-16(2,3)22-14/h4-6,14H,7-12H2,1-3H3/b6-4+,13-5+. The van der Waals surface area contributed by atoms with E-state index in [0.717, 1.165) is 26.3 Å². The largest absolute Gasteiger partial charge is 0.459 e. The Bertz CT molecular complexity index is 438. The van der Waals surface area contributed by atoms with Gasteiger partial charge < -0.3 is 23.8 Å². The second-order valence-corrected chi connectivity index (χ2v) is 5.89. The maximum absolute atomic E-state index is 11.9. The number of esters is 1. The van der Waals surface area contributed by atoms with Gasteiger partial charge in [-0.05, 0) is 33.0 Å². The van der Waals surface area contributed by atoms with E-state index in [-0.39, 0.29) is 18.7 Å². The second-order valence-electron chi connectivity index (χ2n) is 5.89. The average molecular weight is 311 g/mol. The van der Waals surface area contributed by atoms with Crippen LogP contribution in [0.5, 0.6) is 0 Å². The van der Waals surface area contributed by atoms with Crippen LogP contribution in [0.1, 0.15) is 20.8 Å². The number of hydrogen-bond acceptors (Lipinski definition) is 6. The molecular weight excluding hydrogens is 286 g/mol. The first-order valence-corrected chi connectivity index (χ1v) is 7.62. The Morgan fingerprint density at radius 2 is 2.09 bits per heavy atom. The van der Waals surface area contributed by atoms with Gasteiger partial charge in [0.05, 0.1) is 19.8 Å². The molecule has 1 unspecified atom stereocenters. The molecule has 0 aliphatic carbocycles. The van der Waals surface area contributed by atoms with Crippen molar-refractivity contribution < 1.29 is 23.7 Å². The van der Waals surface area contributed by atoms with Gasteiger partial charge in [0.25, 0.3) is 0 Å². The molecule has 0 aromatic heterocycles. The van der Waals surface area contributed by atoms with Crippen LogP contribution >= 0.6 is 0 Å². The fourth-order valence-electron chi connectivity index (χ4n) is 2.23. The molecule has 0 amide bonds. The Kier molecular flexibility index (Phi) is 5.99. The van der Waals surface area contributed by atoms with Gasteiger partial charge in [0.2, 0.25) is 0 Å². The summed E-state index contributed by atoms with van der Waals surface area (Å²) in [6, 6.07) is 0. The molecule has 0 aromatic rings. The molecule has 1 atom stereocenters. The summed E-state index contributed by atoms with van der Waals surface area (Å²) in [5, 5.41) is 0. The van der Waals surface area contributed by atoms with Crippen LogP contribution in [0.4, 0.5) is 0 Å². The third-order valence-corrected chi connectivity index (χ3v) is 3.48. The van der Waals surface area contributed by atoms with Crippen molar-refractivity contribution in [2.45, 2.75) is 32.7 Å². The third kappa shape index (κ3) is 5.44. The Morgan fingerprint density at radius 3 is 2.73 bits per heavy atom. The highest BCUT2D eigenvalue weighted by Crippen LogP contribution is 2.22. The van der Waals surface area contributed by atoms with E-state index in [2.05, 4.69) is 4.90 Å². The highest BCUT2D eigenvalue weighted by molar-refractivity contribution is 5.88. The molecule has 2 aliphatic rings. The van der Waals surface area contributed by atoms with E-state index in [0.29, 0.717) is 12.2 Å². The molecule has 2 rings (SSSR count). The molecule has 0 N–H and O–H groups in total. The molecule has 2 aliphatic heterocycles. The van der Waals surface area contributed by atoms with Gasteiger partial charge in [0, 0.05) is 18.7 Å². The van der Waals surface area contributed by atoms with Crippen LogP contribution in [0.15, 0.2) is 23.9 Å². The quantitative estimate of drug-likeness (QED) is 0.435. The zero-order valence-electron chi connectivity index (χ0n) is 13.5. The minimum atomic E-state index is -0.594. The van der Waals surface area contributed by atoms with Crippen LogP contribution in [-0.2, 0) is 23.7 Å². The van der Waals surface area contributed by atoms with Crippen LogP contribution in [0.2, 0.25) is 0 Å². The van der Waals surface area contributed by atoms with Crippen molar-refractivity contribution in [3.05, 3.63) is 23.9 Å². The molecule has 6 nitrogen and oxygen atoms in total. The van der Waals surface area contributed by atoms with Gasteiger partial charge in [-0.2, -0.15) is 0 Å². The van der Waals surface area contributed by atoms with Crippen molar-refractivity contribution in [1.29, 1.82) is 0 Å². The predicted molar refractivity (Wildman–Crippen MR) is 81.2 cm³/mol. The lowest BCUT2D eigenvalue weighted by atomic mass is 10.3.